The molecule has 1 aromatic rings. The number of halogens is 3. The lowest BCUT2D eigenvalue weighted by Gasteiger charge is -1.99. The molecule has 0 aliphatic rings. The maximum absolute atomic E-state index is 9.49. The summed E-state index contributed by atoms with van der Waals surface area (Å²) < 4.78 is 0.316. The van der Waals surface area contributed by atoms with Gasteiger partial charge in [0.1, 0.15) is 10.9 Å². The molecule has 0 bridgehead atoms. The van der Waals surface area contributed by atoms with Crippen molar-refractivity contribution >= 4 is 46.1 Å². The quantitative estimate of drug-likeness (QED) is 0.771. The van der Waals surface area contributed by atoms with Crippen LogP contribution in [0.5, 0.6) is 0 Å². The molecule has 1 aromatic heterocycles. The Morgan fingerprint density at radius 2 is 1.93 bits per heavy atom. The molecule has 1 atom stereocenters. The summed E-state index contributed by atoms with van der Waals surface area (Å²) in [4.78, 5) is 0.391. The van der Waals surface area contributed by atoms with Crippen LogP contribution in [0.4, 0.5) is 0 Å². The van der Waals surface area contributed by atoms with Crippen molar-refractivity contribution in [1.29, 1.82) is 0 Å². The molecule has 0 aromatic carbocycles. The molecule has 0 fully saturated rings. The normalized spacial score (nSPS) is 12.1. The van der Waals surface area contributed by atoms with Crippen LogP contribution >= 0.6 is 46.1 Å². The van der Waals surface area contributed by atoms with E-state index in [0.717, 1.165) is 11.3 Å². The third kappa shape index (κ3) is 2.54. The molecule has 1 rings (SSSR count). The second-order valence-corrected chi connectivity index (χ2v) is 4.66. The minimum atomic E-state index is -1.07. The first-order chi connectivity index (χ1) is 6.57. The molecule has 0 aliphatic heterocycles. The number of aliphatic hydroxyl groups is 2. The molecule has 0 spiro atoms. The van der Waals surface area contributed by atoms with Crippen LogP contribution in [-0.4, -0.2) is 16.8 Å². The fraction of sp³-hybridized carbons (Fsp3) is 0.250. The summed E-state index contributed by atoms with van der Waals surface area (Å²) in [6, 6.07) is 0. The minimum absolute atomic E-state index is 0.210. The highest BCUT2D eigenvalue weighted by Crippen LogP contribution is 2.42. The molecule has 0 amide bonds. The third-order valence-corrected chi connectivity index (χ3v) is 3.99. The van der Waals surface area contributed by atoms with E-state index in [2.05, 4.69) is 11.8 Å². The van der Waals surface area contributed by atoms with E-state index in [1.54, 1.807) is 0 Å². The Bertz CT molecular complexity index is 391. The van der Waals surface area contributed by atoms with Crippen molar-refractivity contribution in [3.8, 4) is 11.8 Å². The van der Waals surface area contributed by atoms with Gasteiger partial charge in [0.05, 0.1) is 14.9 Å². The van der Waals surface area contributed by atoms with Crippen molar-refractivity contribution in [2.45, 2.75) is 6.10 Å². The van der Waals surface area contributed by atoms with Crippen LogP contribution < -0.4 is 0 Å². The van der Waals surface area contributed by atoms with Crippen molar-refractivity contribution in [3.05, 3.63) is 19.3 Å². The summed E-state index contributed by atoms with van der Waals surface area (Å²) in [5, 5.41) is 18.3. The first kappa shape index (κ1) is 12.1. The standard InChI is InChI=1S/C8H5Cl3O2S/c9-5-6(10)8(11)14-7(5)4(13)2-1-3-12/h4,12-13H,3H2/t4-/m0/s1. The zero-order valence-electron chi connectivity index (χ0n) is 6.72. The molecular formula is C8H5Cl3O2S. The van der Waals surface area contributed by atoms with Gasteiger partial charge in [-0.2, -0.15) is 0 Å². The van der Waals surface area contributed by atoms with Crippen molar-refractivity contribution in [3.63, 3.8) is 0 Å². The van der Waals surface area contributed by atoms with E-state index in [-0.39, 0.29) is 16.7 Å². The van der Waals surface area contributed by atoms with Gasteiger partial charge in [-0.1, -0.05) is 46.6 Å². The lowest BCUT2D eigenvalue weighted by molar-refractivity contribution is 0.241. The Labute approximate surface area is 100 Å². The topological polar surface area (TPSA) is 40.5 Å². The second-order valence-electron chi connectivity index (χ2n) is 2.25. The van der Waals surface area contributed by atoms with Crippen LogP contribution in [0.3, 0.4) is 0 Å². The summed E-state index contributed by atoms with van der Waals surface area (Å²) in [7, 11) is 0. The van der Waals surface area contributed by atoms with Gasteiger partial charge < -0.3 is 10.2 Å². The molecular weight excluding hydrogens is 267 g/mol. The molecule has 2 nitrogen and oxygen atoms in total. The van der Waals surface area contributed by atoms with E-state index in [1.807, 2.05) is 0 Å². The lowest BCUT2D eigenvalue weighted by atomic mass is 10.3. The Morgan fingerprint density at radius 1 is 1.29 bits per heavy atom. The molecule has 14 heavy (non-hydrogen) atoms. The van der Waals surface area contributed by atoms with Gasteiger partial charge in [0.15, 0.2) is 6.10 Å². The van der Waals surface area contributed by atoms with Crippen LogP contribution in [-0.2, 0) is 0 Å². The fourth-order valence-corrected chi connectivity index (χ4v) is 2.55. The molecule has 0 radical (unpaired) electrons. The number of hydrogen-bond donors (Lipinski definition) is 2. The molecule has 0 unspecified atom stereocenters. The van der Waals surface area contributed by atoms with E-state index in [4.69, 9.17) is 39.9 Å². The van der Waals surface area contributed by atoms with Gasteiger partial charge >= 0.3 is 0 Å². The summed E-state index contributed by atoms with van der Waals surface area (Å²) in [6.07, 6.45) is -1.07. The fourth-order valence-electron chi connectivity index (χ4n) is 0.764. The maximum atomic E-state index is 9.49. The predicted octanol–water partition coefficient (Wildman–Crippen LogP) is 2.74. The van der Waals surface area contributed by atoms with Crippen LogP contribution in [0, 0.1) is 11.8 Å². The first-order valence-electron chi connectivity index (χ1n) is 3.48. The third-order valence-electron chi connectivity index (χ3n) is 1.35. The number of thiophene rings is 1. The van der Waals surface area contributed by atoms with Crippen LogP contribution in [0.1, 0.15) is 11.0 Å². The molecule has 76 valence electrons. The van der Waals surface area contributed by atoms with E-state index in [1.165, 1.54) is 0 Å². The highest BCUT2D eigenvalue weighted by molar-refractivity contribution is 7.17. The predicted molar refractivity (Wildman–Crippen MR) is 59.2 cm³/mol. The van der Waals surface area contributed by atoms with Crippen molar-refractivity contribution in [2.24, 2.45) is 0 Å². The summed E-state index contributed by atoms with van der Waals surface area (Å²) >= 11 is 18.3. The summed E-state index contributed by atoms with van der Waals surface area (Å²) in [5.74, 6) is 4.71. The molecule has 1 heterocycles. The number of hydrogen-bond acceptors (Lipinski definition) is 3. The average Bonchev–Trinajstić information content (AvgIpc) is 2.42. The van der Waals surface area contributed by atoms with Crippen molar-refractivity contribution in [1.82, 2.24) is 0 Å². The van der Waals surface area contributed by atoms with Crippen molar-refractivity contribution < 1.29 is 10.2 Å². The highest BCUT2D eigenvalue weighted by atomic mass is 35.5. The van der Waals surface area contributed by atoms with E-state index in [9.17, 15) is 5.11 Å². The van der Waals surface area contributed by atoms with Gasteiger partial charge in [0, 0.05) is 0 Å². The monoisotopic (exact) mass is 270 g/mol. The van der Waals surface area contributed by atoms with Gasteiger partial charge in [-0.05, 0) is 0 Å². The van der Waals surface area contributed by atoms with E-state index < -0.39 is 6.10 Å². The van der Waals surface area contributed by atoms with Crippen LogP contribution in [0.2, 0.25) is 14.4 Å². The molecule has 0 aliphatic carbocycles. The maximum Gasteiger partial charge on any atom is 0.150 e. The molecule has 0 saturated carbocycles. The van der Waals surface area contributed by atoms with Crippen LogP contribution in [0.25, 0.3) is 0 Å². The minimum Gasteiger partial charge on any atom is -0.384 e. The van der Waals surface area contributed by atoms with E-state index in [0.29, 0.717) is 9.21 Å². The van der Waals surface area contributed by atoms with Gasteiger partial charge in [-0.25, -0.2) is 0 Å². The second kappa shape index (κ2) is 5.22. The SMILES string of the molecule is OCC#C[C@H](O)c1sc(Cl)c(Cl)c1Cl. The summed E-state index contributed by atoms with van der Waals surface area (Å²) in [5.41, 5.74) is 0. The van der Waals surface area contributed by atoms with Crippen LogP contribution in [0.15, 0.2) is 0 Å². The van der Waals surface area contributed by atoms with Gasteiger partial charge in [-0.15, -0.1) is 11.3 Å². The molecule has 6 heteroatoms. The van der Waals surface area contributed by atoms with E-state index >= 15 is 0 Å². The Morgan fingerprint density at radius 3 is 2.36 bits per heavy atom. The zero-order chi connectivity index (χ0) is 10.7. The lowest BCUT2D eigenvalue weighted by Crippen LogP contribution is -1.91. The zero-order valence-corrected chi connectivity index (χ0v) is 9.81. The summed E-state index contributed by atoms with van der Waals surface area (Å²) in [6.45, 7) is -0.318. The number of rotatable bonds is 1. The van der Waals surface area contributed by atoms with Gasteiger partial charge in [0.2, 0.25) is 0 Å². The largest absolute Gasteiger partial charge is 0.384 e. The first-order valence-corrected chi connectivity index (χ1v) is 5.43. The Balaban J connectivity index is 3.01. The Hall–Kier alpha value is 0.0500. The Kier molecular flexibility index (Phi) is 4.52. The molecule has 2 N–H and O–H groups in total. The van der Waals surface area contributed by atoms with Gasteiger partial charge in [-0.3, -0.25) is 0 Å². The van der Waals surface area contributed by atoms with Crippen molar-refractivity contribution in [2.75, 3.05) is 6.61 Å². The van der Waals surface area contributed by atoms with Gasteiger partial charge in [0.25, 0.3) is 0 Å². The highest BCUT2D eigenvalue weighted by Gasteiger charge is 2.18. The molecule has 0 saturated heterocycles. The average molecular weight is 272 g/mol. The number of aliphatic hydroxyl groups excluding tert-OH is 2. The smallest absolute Gasteiger partial charge is 0.150 e.